The van der Waals surface area contributed by atoms with E-state index >= 15 is 0 Å². The van der Waals surface area contributed by atoms with Crippen LogP contribution in [0.4, 0.5) is 4.79 Å². The van der Waals surface area contributed by atoms with Crippen molar-refractivity contribution in [2.24, 2.45) is 5.92 Å². The topological polar surface area (TPSA) is 79.2 Å². The summed E-state index contributed by atoms with van der Waals surface area (Å²) in [6.45, 7) is 5.42. The molecule has 5 nitrogen and oxygen atoms in total. The van der Waals surface area contributed by atoms with Gasteiger partial charge in [0.2, 0.25) is 0 Å². The fraction of sp³-hybridized carbons (Fsp3) is 0.769. The van der Waals surface area contributed by atoms with Crippen molar-refractivity contribution in [1.29, 1.82) is 5.26 Å². The van der Waals surface area contributed by atoms with Crippen molar-refractivity contribution < 1.29 is 14.3 Å². The summed E-state index contributed by atoms with van der Waals surface area (Å²) in [5.41, 5.74) is -0.515. The van der Waals surface area contributed by atoms with Crippen LogP contribution in [0.5, 0.6) is 0 Å². The van der Waals surface area contributed by atoms with Gasteiger partial charge in [-0.3, -0.25) is 4.79 Å². The van der Waals surface area contributed by atoms with Gasteiger partial charge in [0.1, 0.15) is 11.4 Å². The van der Waals surface area contributed by atoms with Gasteiger partial charge in [0.15, 0.2) is 0 Å². The summed E-state index contributed by atoms with van der Waals surface area (Å²) in [6, 6.07) is 1.85. The first-order chi connectivity index (χ1) is 8.31. The van der Waals surface area contributed by atoms with Gasteiger partial charge in [-0.25, -0.2) is 4.79 Å². The smallest absolute Gasteiger partial charge is 0.407 e. The van der Waals surface area contributed by atoms with E-state index in [1.807, 2.05) is 6.07 Å². The molecule has 1 amide bonds. The van der Waals surface area contributed by atoms with Gasteiger partial charge >= 0.3 is 6.09 Å². The summed E-state index contributed by atoms with van der Waals surface area (Å²) in [5.74, 6) is -0.115. The zero-order valence-electron chi connectivity index (χ0n) is 11.2. The molecule has 5 heteroatoms. The van der Waals surface area contributed by atoms with Gasteiger partial charge in [0, 0.05) is 12.0 Å². The molecule has 1 fully saturated rings. The maximum absolute atomic E-state index is 11.5. The van der Waals surface area contributed by atoms with Crippen LogP contribution in [0.1, 0.15) is 46.5 Å². The first-order valence-electron chi connectivity index (χ1n) is 6.21. The van der Waals surface area contributed by atoms with Crippen molar-refractivity contribution in [3.05, 3.63) is 0 Å². The number of ketones is 1. The molecule has 0 aromatic rings. The molecule has 0 bridgehead atoms. The van der Waals surface area contributed by atoms with E-state index in [2.05, 4.69) is 5.32 Å². The normalized spacial score (nSPS) is 23.2. The van der Waals surface area contributed by atoms with Crippen LogP contribution >= 0.6 is 0 Å². The lowest BCUT2D eigenvalue weighted by molar-refractivity contribution is -0.121. The fourth-order valence-corrected chi connectivity index (χ4v) is 2.10. The number of amides is 1. The predicted octanol–water partition coefficient (Wildman–Crippen LogP) is 2.16. The maximum atomic E-state index is 11.5. The van der Waals surface area contributed by atoms with E-state index in [-0.39, 0.29) is 24.2 Å². The van der Waals surface area contributed by atoms with Crippen LogP contribution in [0.15, 0.2) is 0 Å². The van der Waals surface area contributed by atoms with Crippen molar-refractivity contribution in [1.82, 2.24) is 5.32 Å². The SMILES string of the molecule is CC(C)(C)OC(=O)N[C@@H]1CC[C@@H](C(=O)CC#N)C1. The Hall–Kier alpha value is -1.57. The Kier molecular flexibility index (Phi) is 4.71. The number of rotatable bonds is 3. The number of Topliss-reactive ketones (excluding diaryl/α,β-unsaturated/α-hetero) is 1. The van der Waals surface area contributed by atoms with Crippen LogP contribution in [0.25, 0.3) is 0 Å². The Balaban J connectivity index is 2.37. The molecule has 0 aromatic carbocycles. The van der Waals surface area contributed by atoms with Gasteiger partial charge < -0.3 is 10.1 Å². The molecule has 0 aromatic heterocycles. The van der Waals surface area contributed by atoms with Gasteiger partial charge in [0.25, 0.3) is 0 Å². The molecule has 18 heavy (non-hydrogen) atoms. The summed E-state index contributed by atoms with van der Waals surface area (Å²) in [4.78, 5) is 23.1. The molecule has 100 valence electrons. The summed E-state index contributed by atoms with van der Waals surface area (Å²) in [7, 11) is 0. The molecular weight excluding hydrogens is 232 g/mol. The molecule has 1 aliphatic carbocycles. The lowest BCUT2D eigenvalue weighted by atomic mass is 10.0. The maximum Gasteiger partial charge on any atom is 0.407 e. The zero-order chi connectivity index (χ0) is 13.8. The number of nitrogens with one attached hydrogen (secondary N) is 1. The van der Waals surface area contributed by atoms with Crippen molar-refractivity contribution in [2.75, 3.05) is 0 Å². The molecule has 2 atom stereocenters. The molecule has 1 aliphatic rings. The Morgan fingerprint density at radius 1 is 1.39 bits per heavy atom. The first kappa shape index (κ1) is 14.5. The molecule has 1 N–H and O–H groups in total. The summed E-state index contributed by atoms with van der Waals surface area (Å²) >= 11 is 0. The number of nitriles is 1. The highest BCUT2D eigenvalue weighted by atomic mass is 16.6. The van der Waals surface area contributed by atoms with Gasteiger partial charge in [-0.05, 0) is 40.0 Å². The van der Waals surface area contributed by atoms with E-state index < -0.39 is 11.7 Å². The van der Waals surface area contributed by atoms with E-state index in [9.17, 15) is 9.59 Å². The number of hydrogen-bond donors (Lipinski definition) is 1. The van der Waals surface area contributed by atoms with E-state index in [0.717, 1.165) is 12.8 Å². The lowest BCUT2D eigenvalue weighted by Gasteiger charge is -2.21. The third-order valence-electron chi connectivity index (χ3n) is 2.86. The molecule has 0 radical (unpaired) electrons. The molecule has 0 aliphatic heterocycles. The van der Waals surface area contributed by atoms with Gasteiger partial charge in [-0.2, -0.15) is 5.26 Å². The molecule has 0 saturated heterocycles. The monoisotopic (exact) mass is 252 g/mol. The highest BCUT2D eigenvalue weighted by molar-refractivity contribution is 5.83. The summed E-state index contributed by atoms with van der Waals surface area (Å²) in [6.07, 6.45) is 1.63. The second-order valence-electron chi connectivity index (χ2n) is 5.65. The molecule has 1 rings (SSSR count). The van der Waals surface area contributed by atoms with Crippen LogP contribution in [-0.2, 0) is 9.53 Å². The second kappa shape index (κ2) is 5.85. The predicted molar refractivity (Wildman–Crippen MR) is 65.7 cm³/mol. The third-order valence-corrected chi connectivity index (χ3v) is 2.86. The molecule has 1 saturated carbocycles. The molecule has 0 spiro atoms. The van der Waals surface area contributed by atoms with E-state index in [1.54, 1.807) is 20.8 Å². The van der Waals surface area contributed by atoms with Crippen LogP contribution in [0, 0.1) is 17.2 Å². The molecular formula is C13H20N2O3. The van der Waals surface area contributed by atoms with Gasteiger partial charge in [-0.1, -0.05) is 0 Å². The van der Waals surface area contributed by atoms with Crippen LogP contribution in [0.2, 0.25) is 0 Å². The average molecular weight is 252 g/mol. The van der Waals surface area contributed by atoms with Crippen LogP contribution in [0.3, 0.4) is 0 Å². The highest BCUT2D eigenvalue weighted by Crippen LogP contribution is 2.27. The van der Waals surface area contributed by atoms with Crippen molar-refractivity contribution in [3.63, 3.8) is 0 Å². The molecule has 0 unspecified atom stereocenters. The minimum Gasteiger partial charge on any atom is -0.444 e. The minimum absolute atomic E-state index is 0.0208. The number of alkyl carbamates (subject to hydrolysis) is 1. The average Bonchev–Trinajstić information content (AvgIpc) is 2.63. The summed E-state index contributed by atoms with van der Waals surface area (Å²) in [5, 5.41) is 11.2. The van der Waals surface area contributed by atoms with Crippen molar-refractivity contribution in [3.8, 4) is 6.07 Å². The Labute approximate surface area is 107 Å². The third kappa shape index (κ3) is 4.74. The number of carbonyl (C=O) groups is 2. The van der Waals surface area contributed by atoms with Gasteiger partial charge in [0.05, 0.1) is 12.5 Å². The Morgan fingerprint density at radius 2 is 2.06 bits per heavy atom. The Morgan fingerprint density at radius 3 is 2.61 bits per heavy atom. The number of hydrogen-bond acceptors (Lipinski definition) is 4. The fourth-order valence-electron chi connectivity index (χ4n) is 2.10. The second-order valence-corrected chi connectivity index (χ2v) is 5.65. The number of nitrogens with zero attached hydrogens (tertiary/aromatic N) is 1. The van der Waals surface area contributed by atoms with E-state index in [4.69, 9.17) is 10.00 Å². The van der Waals surface area contributed by atoms with Crippen molar-refractivity contribution >= 4 is 11.9 Å². The van der Waals surface area contributed by atoms with Crippen LogP contribution in [-0.4, -0.2) is 23.5 Å². The largest absolute Gasteiger partial charge is 0.444 e. The van der Waals surface area contributed by atoms with Gasteiger partial charge in [-0.15, -0.1) is 0 Å². The number of ether oxygens (including phenoxy) is 1. The van der Waals surface area contributed by atoms with Crippen LogP contribution < -0.4 is 5.32 Å². The standard InChI is InChI=1S/C13H20N2O3/c1-13(2,3)18-12(17)15-10-5-4-9(8-10)11(16)6-7-14/h9-10H,4-6,8H2,1-3H3,(H,15,17)/t9-,10-/m1/s1. The highest BCUT2D eigenvalue weighted by Gasteiger charge is 2.31. The van der Waals surface area contributed by atoms with Crippen molar-refractivity contribution in [2.45, 2.75) is 58.1 Å². The number of carbonyl (C=O) groups excluding carboxylic acids is 2. The Bertz CT molecular complexity index is 365. The zero-order valence-corrected chi connectivity index (χ0v) is 11.2. The molecule has 0 heterocycles. The first-order valence-corrected chi connectivity index (χ1v) is 6.21. The lowest BCUT2D eigenvalue weighted by Crippen LogP contribution is -2.38. The quantitative estimate of drug-likeness (QED) is 0.834. The minimum atomic E-state index is -0.515. The van der Waals surface area contributed by atoms with E-state index in [0.29, 0.717) is 6.42 Å². The van der Waals surface area contributed by atoms with E-state index in [1.165, 1.54) is 0 Å². The summed E-state index contributed by atoms with van der Waals surface area (Å²) < 4.78 is 5.16.